The average molecular weight is 399 g/mol. The lowest BCUT2D eigenvalue weighted by Crippen LogP contribution is -2.35. The number of anilines is 1. The largest absolute Gasteiger partial charge is 0.443 e. The van der Waals surface area contributed by atoms with Crippen LogP contribution in [0.15, 0.2) is 47.4 Å². The van der Waals surface area contributed by atoms with Gasteiger partial charge in [0.1, 0.15) is 11.9 Å². The maximum atomic E-state index is 13.2. The second kappa shape index (κ2) is 7.22. The van der Waals surface area contributed by atoms with Crippen LogP contribution in [0.5, 0.6) is 0 Å². The Hall–Kier alpha value is -2.16. The van der Waals surface area contributed by atoms with Crippen LogP contribution in [-0.2, 0) is 14.8 Å². The number of hydrogen-bond donors (Lipinski definition) is 1. The molecule has 0 bridgehead atoms. The summed E-state index contributed by atoms with van der Waals surface area (Å²) in [5.74, 6) is -0.511. The normalized spacial score (nSPS) is 17.4. The van der Waals surface area contributed by atoms with Gasteiger partial charge in [-0.1, -0.05) is 17.7 Å². The first-order valence-corrected chi connectivity index (χ1v) is 9.62. The van der Waals surface area contributed by atoms with E-state index in [0.717, 1.165) is 12.1 Å². The van der Waals surface area contributed by atoms with Crippen molar-refractivity contribution >= 4 is 33.4 Å². The summed E-state index contributed by atoms with van der Waals surface area (Å²) in [5.41, 5.74) is 0.865. The highest BCUT2D eigenvalue weighted by molar-refractivity contribution is 7.89. The van der Waals surface area contributed by atoms with Crippen LogP contribution in [0.4, 0.5) is 14.9 Å². The van der Waals surface area contributed by atoms with E-state index in [9.17, 15) is 17.6 Å². The number of sulfonamides is 1. The fourth-order valence-electron chi connectivity index (χ4n) is 2.68. The number of nitrogens with one attached hydrogen (secondary N) is 1. The molecular formula is C17H16ClFN2O4S. The Balaban J connectivity index is 1.68. The minimum absolute atomic E-state index is 0.0186. The van der Waals surface area contributed by atoms with Crippen LogP contribution < -0.4 is 9.62 Å². The summed E-state index contributed by atoms with van der Waals surface area (Å²) in [4.78, 5) is 13.4. The third-order valence-corrected chi connectivity index (χ3v) is 5.74. The molecule has 1 aliphatic rings. The van der Waals surface area contributed by atoms with E-state index >= 15 is 0 Å². The molecular weight excluding hydrogens is 383 g/mol. The van der Waals surface area contributed by atoms with Gasteiger partial charge in [0.15, 0.2) is 0 Å². The van der Waals surface area contributed by atoms with Crippen molar-refractivity contribution in [1.29, 1.82) is 0 Å². The summed E-state index contributed by atoms with van der Waals surface area (Å²) in [6, 6.07) is 10.1. The highest BCUT2D eigenvalue weighted by Gasteiger charge is 2.33. The van der Waals surface area contributed by atoms with E-state index in [0.29, 0.717) is 16.3 Å². The van der Waals surface area contributed by atoms with E-state index in [2.05, 4.69) is 4.72 Å². The maximum Gasteiger partial charge on any atom is 0.414 e. The number of nitrogens with zero attached hydrogens (tertiary/aromatic N) is 1. The number of aryl methyl sites for hydroxylation is 1. The summed E-state index contributed by atoms with van der Waals surface area (Å²) in [7, 11) is -3.85. The zero-order valence-corrected chi connectivity index (χ0v) is 15.3. The molecule has 0 aliphatic carbocycles. The van der Waals surface area contributed by atoms with Crippen molar-refractivity contribution in [3.05, 3.63) is 58.9 Å². The molecule has 1 unspecified atom stereocenters. The van der Waals surface area contributed by atoms with Crippen molar-refractivity contribution in [2.75, 3.05) is 18.0 Å². The van der Waals surface area contributed by atoms with Gasteiger partial charge in [-0.05, 0) is 48.9 Å². The molecule has 9 heteroatoms. The molecule has 0 radical (unpaired) electrons. The summed E-state index contributed by atoms with van der Waals surface area (Å²) in [6.07, 6.45) is -1.23. The number of carbonyl (C=O) groups is 1. The molecule has 1 saturated heterocycles. The molecule has 138 valence electrons. The molecule has 1 fully saturated rings. The summed E-state index contributed by atoms with van der Waals surface area (Å²) < 4.78 is 45.5. The van der Waals surface area contributed by atoms with Crippen LogP contribution in [-0.4, -0.2) is 33.7 Å². The molecule has 26 heavy (non-hydrogen) atoms. The van der Waals surface area contributed by atoms with Gasteiger partial charge in [-0.25, -0.2) is 22.3 Å². The zero-order chi connectivity index (χ0) is 18.9. The number of rotatable bonds is 5. The van der Waals surface area contributed by atoms with Crippen LogP contribution >= 0.6 is 11.6 Å². The van der Waals surface area contributed by atoms with E-state index in [1.165, 1.54) is 17.9 Å². The number of carbonyl (C=O) groups excluding carboxylic acids is 1. The van der Waals surface area contributed by atoms with Crippen molar-refractivity contribution in [3.8, 4) is 0 Å². The van der Waals surface area contributed by atoms with Gasteiger partial charge in [0, 0.05) is 17.3 Å². The fraction of sp³-hybridized carbons (Fsp3) is 0.235. The first-order valence-electron chi connectivity index (χ1n) is 7.76. The van der Waals surface area contributed by atoms with Gasteiger partial charge >= 0.3 is 6.09 Å². The Kier molecular flexibility index (Phi) is 5.17. The molecule has 1 aliphatic heterocycles. The minimum Gasteiger partial charge on any atom is -0.443 e. The lowest BCUT2D eigenvalue weighted by atomic mass is 10.2. The smallest absolute Gasteiger partial charge is 0.414 e. The summed E-state index contributed by atoms with van der Waals surface area (Å²) in [5, 5.41) is 0.478. The van der Waals surface area contributed by atoms with Crippen LogP contribution in [0, 0.1) is 12.7 Å². The molecule has 1 N–H and O–H groups in total. The van der Waals surface area contributed by atoms with Crippen molar-refractivity contribution in [2.24, 2.45) is 0 Å². The van der Waals surface area contributed by atoms with Gasteiger partial charge in [-0.3, -0.25) is 4.90 Å². The van der Waals surface area contributed by atoms with Gasteiger partial charge in [0.25, 0.3) is 0 Å². The van der Waals surface area contributed by atoms with Crippen molar-refractivity contribution in [1.82, 2.24) is 4.72 Å². The van der Waals surface area contributed by atoms with E-state index < -0.39 is 28.0 Å². The van der Waals surface area contributed by atoms with Gasteiger partial charge < -0.3 is 4.74 Å². The third kappa shape index (κ3) is 3.98. The van der Waals surface area contributed by atoms with E-state index in [4.69, 9.17) is 16.3 Å². The van der Waals surface area contributed by atoms with Crippen LogP contribution in [0.3, 0.4) is 0 Å². The zero-order valence-electron chi connectivity index (χ0n) is 13.8. The molecule has 6 nitrogen and oxygen atoms in total. The lowest BCUT2D eigenvalue weighted by Gasteiger charge is -2.14. The van der Waals surface area contributed by atoms with Crippen molar-refractivity contribution in [3.63, 3.8) is 0 Å². The fourth-order valence-corrected chi connectivity index (χ4v) is 4.15. The predicted molar refractivity (Wildman–Crippen MR) is 95.4 cm³/mol. The van der Waals surface area contributed by atoms with E-state index in [-0.39, 0.29) is 18.0 Å². The quantitative estimate of drug-likeness (QED) is 0.839. The van der Waals surface area contributed by atoms with E-state index in [1.807, 2.05) is 0 Å². The standard InChI is InChI=1S/C17H16ClFN2O4S/c1-11-7-13(19)5-6-16(11)26(23,24)20-9-15-10-21(17(22)25-15)14-4-2-3-12(18)8-14/h2-8,15,20H,9-10H2,1H3. The summed E-state index contributed by atoms with van der Waals surface area (Å²) in [6.45, 7) is 1.60. The van der Waals surface area contributed by atoms with Gasteiger partial charge in [0.05, 0.1) is 11.4 Å². The number of benzene rings is 2. The molecule has 0 spiro atoms. The number of hydrogen-bond acceptors (Lipinski definition) is 4. The molecule has 0 saturated carbocycles. The Labute approximate surface area is 155 Å². The molecule has 0 aromatic heterocycles. The first kappa shape index (κ1) is 18.6. The maximum absolute atomic E-state index is 13.2. The Bertz CT molecular complexity index is 952. The molecule has 1 atom stereocenters. The number of cyclic esters (lactones) is 1. The third-order valence-electron chi connectivity index (χ3n) is 3.92. The second-order valence-electron chi connectivity index (χ2n) is 5.86. The van der Waals surface area contributed by atoms with Crippen LogP contribution in [0.2, 0.25) is 5.02 Å². The number of ether oxygens (including phenoxy) is 1. The average Bonchev–Trinajstić information content (AvgIpc) is 2.94. The molecule has 3 rings (SSSR count). The van der Waals surface area contributed by atoms with E-state index in [1.54, 1.807) is 24.3 Å². The second-order valence-corrected chi connectivity index (χ2v) is 8.03. The highest BCUT2D eigenvalue weighted by Crippen LogP contribution is 2.24. The Morgan fingerprint density at radius 3 is 2.77 bits per heavy atom. The molecule has 2 aromatic carbocycles. The van der Waals surface area contributed by atoms with Crippen LogP contribution in [0.25, 0.3) is 0 Å². The monoisotopic (exact) mass is 398 g/mol. The van der Waals surface area contributed by atoms with Gasteiger partial charge in [-0.2, -0.15) is 0 Å². The van der Waals surface area contributed by atoms with Crippen LogP contribution in [0.1, 0.15) is 5.56 Å². The number of halogens is 2. The molecule has 1 heterocycles. The van der Waals surface area contributed by atoms with Crippen molar-refractivity contribution < 1.29 is 22.3 Å². The Morgan fingerprint density at radius 1 is 1.31 bits per heavy atom. The van der Waals surface area contributed by atoms with Gasteiger partial charge in [0.2, 0.25) is 10.0 Å². The van der Waals surface area contributed by atoms with Gasteiger partial charge in [-0.15, -0.1) is 0 Å². The Morgan fingerprint density at radius 2 is 2.08 bits per heavy atom. The molecule has 2 aromatic rings. The minimum atomic E-state index is -3.85. The predicted octanol–water partition coefficient (Wildman–Crippen LogP) is 3.09. The highest BCUT2D eigenvalue weighted by atomic mass is 35.5. The summed E-state index contributed by atoms with van der Waals surface area (Å²) >= 11 is 5.92. The topological polar surface area (TPSA) is 75.7 Å². The van der Waals surface area contributed by atoms with Crippen molar-refractivity contribution in [2.45, 2.75) is 17.9 Å². The lowest BCUT2D eigenvalue weighted by molar-refractivity contribution is 0.143. The SMILES string of the molecule is Cc1cc(F)ccc1S(=O)(=O)NCC1CN(c2cccc(Cl)c2)C(=O)O1. The first-order chi connectivity index (χ1) is 12.3. The molecule has 1 amide bonds. The number of amides is 1.